The molecule has 2 rings (SSSR count). The molecule has 2 aromatic rings. The number of nitrogens with one attached hydrogen (secondary N) is 1. The van der Waals surface area contributed by atoms with Crippen LogP contribution in [0.25, 0.3) is 0 Å². The number of nitrogens with zero attached hydrogens (tertiary/aromatic N) is 2. The van der Waals surface area contributed by atoms with E-state index >= 15 is 0 Å². The first-order valence-electron chi connectivity index (χ1n) is 6.54. The Bertz CT molecular complexity index is 596. The van der Waals surface area contributed by atoms with Gasteiger partial charge in [0.05, 0.1) is 0 Å². The van der Waals surface area contributed by atoms with Crippen molar-refractivity contribution in [1.29, 1.82) is 0 Å². The van der Waals surface area contributed by atoms with Gasteiger partial charge in [0.2, 0.25) is 5.13 Å². The maximum Gasteiger partial charge on any atom is 0.257 e. The summed E-state index contributed by atoms with van der Waals surface area (Å²) in [6.07, 6.45) is 2.06. The smallest absolute Gasteiger partial charge is 0.257 e. The van der Waals surface area contributed by atoms with E-state index in [-0.39, 0.29) is 5.91 Å². The first-order valence-corrected chi connectivity index (χ1v) is 8.15. The van der Waals surface area contributed by atoms with Crippen molar-refractivity contribution in [2.75, 3.05) is 5.32 Å². The second kappa shape index (κ2) is 6.95. The Morgan fingerprint density at radius 1 is 1.35 bits per heavy atom. The van der Waals surface area contributed by atoms with E-state index in [1.54, 1.807) is 12.1 Å². The maximum absolute atomic E-state index is 12.1. The number of aromatic nitrogens is 2. The number of rotatable bonds is 5. The summed E-state index contributed by atoms with van der Waals surface area (Å²) in [5.41, 5.74) is 0.596. The molecule has 20 heavy (non-hydrogen) atoms. The van der Waals surface area contributed by atoms with Gasteiger partial charge in [0.15, 0.2) is 0 Å². The van der Waals surface area contributed by atoms with Gasteiger partial charge >= 0.3 is 0 Å². The standard InChI is InChI=1S/C14H16BrN3OS/c1-3-9(4-2)13-17-18-14(20-13)16-12(19)10-6-5-7-11(15)8-10/h5-9H,3-4H2,1-2H3,(H,16,18,19). The summed E-state index contributed by atoms with van der Waals surface area (Å²) >= 11 is 4.80. The van der Waals surface area contributed by atoms with Crippen LogP contribution in [0.5, 0.6) is 0 Å². The van der Waals surface area contributed by atoms with Crippen molar-refractivity contribution >= 4 is 38.3 Å². The minimum atomic E-state index is -0.168. The molecule has 0 aliphatic rings. The van der Waals surface area contributed by atoms with Crippen molar-refractivity contribution in [3.63, 3.8) is 0 Å². The van der Waals surface area contributed by atoms with E-state index in [0.29, 0.717) is 16.6 Å². The van der Waals surface area contributed by atoms with Gasteiger partial charge in [-0.15, -0.1) is 10.2 Å². The van der Waals surface area contributed by atoms with Crippen molar-refractivity contribution in [3.8, 4) is 0 Å². The lowest BCUT2D eigenvalue weighted by molar-refractivity contribution is 0.102. The van der Waals surface area contributed by atoms with Crippen LogP contribution in [0.3, 0.4) is 0 Å². The van der Waals surface area contributed by atoms with E-state index in [9.17, 15) is 4.79 Å². The van der Waals surface area contributed by atoms with Gasteiger partial charge in [-0.25, -0.2) is 0 Å². The molecule has 0 spiro atoms. The quantitative estimate of drug-likeness (QED) is 0.863. The molecule has 1 N–H and O–H groups in total. The Labute approximate surface area is 130 Å². The van der Waals surface area contributed by atoms with Gasteiger partial charge in [-0.1, -0.05) is 47.2 Å². The highest BCUT2D eigenvalue weighted by Crippen LogP contribution is 2.28. The fraction of sp³-hybridized carbons (Fsp3) is 0.357. The van der Waals surface area contributed by atoms with Crippen LogP contribution < -0.4 is 5.32 Å². The molecular weight excluding hydrogens is 338 g/mol. The van der Waals surface area contributed by atoms with Crippen LogP contribution in [0.15, 0.2) is 28.7 Å². The Morgan fingerprint density at radius 2 is 2.10 bits per heavy atom. The van der Waals surface area contributed by atoms with E-state index < -0.39 is 0 Å². The van der Waals surface area contributed by atoms with Crippen LogP contribution in [0.4, 0.5) is 5.13 Å². The molecule has 0 unspecified atom stereocenters. The SMILES string of the molecule is CCC(CC)c1nnc(NC(=O)c2cccc(Br)c2)s1. The first kappa shape index (κ1) is 15.1. The van der Waals surface area contributed by atoms with Gasteiger partial charge in [0, 0.05) is 16.0 Å². The molecular formula is C14H16BrN3OS. The Kier molecular flexibility index (Phi) is 5.25. The van der Waals surface area contributed by atoms with Crippen LogP contribution in [0, 0.1) is 0 Å². The van der Waals surface area contributed by atoms with Crippen LogP contribution in [0.2, 0.25) is 0 Å². The topological polar surface area (TPSA) is 54.9 Å². The molecule has 0 atom stereocenters. The molecule has 4 nitrogen and oxygen atoms in total. The van der Waals surface area contributed by atoms with Crippen molar-refractivity contribution in [2.24, 2.45) is 0 Å². The summed E-state index contributed by atoms with van der Waals surface area (Å²) in [5, 5.41) is 12.5. The van der Waals surface area contributed by atoms with Crippen LogP contribution in [-0.2, 0) is 0 Å². The molecule has 1 amide bonds. The summed E-state index contributed by atoms with van der Waals surface area (Å²) in [6, 6.07) is 7.25. The summed E-state index contributed by atoms with van der Waals surface area (Å²) < 4.78 is 0.875. The molecule has 0 bridgehead atoms. The van der Waals surface area contributed by atoms with Crippen LogP contribution >= 0.6 is 27.3 Å². The molecule has 0 aliphatic heterocycles. The molecule has 0 saturated carbocycles. The van der Waals surface area contributed by atoms with Gasteiger partial charge in [-0.3, -0.25) is 10.1 Å². The van der Waals surface area contributed by atoms with Crippen molar-refractivity contribution in [1.82, 2.24) is 10.2 Å². The van der Waals surface area contributed by atoms with Crippen molar-refractivity contribution in [3.05, 3.63) is 39.3 Å². The van der Waals surface area contributed by atoms with E-state index in [2.05, 4.69) is 45.3 Å². The highest BCUT2D eigenvalue weighted by atomic mass is 79.9. The fourth-order valence-corrected chi connectivity index (χ4v) is 3.29. The number of hydrogen-bond donors (Lipinski definition) is 1. The molecule has 0 radical (unpaired) electrons. The summed E-state index contributed by atoms with van der Waals surface area (Å²) in [5.74, 6) is 0.252. The third-order valence-corrected chi connectivity index (χ3v) is 4.58. The summed E-state index contributed by atoms with van der Waals surface area (Å²) in [7, 11) is 0. The molecule has 0 saturated heterocycles. The monoisotopic (exact) mass is 353 g/mol. The molecule has 0 fully saturated rings. The predicted octanol–water partition coefficient (Wildman–Crippen LogP) is 4.46. The fourth-order valence-electron chi connectivity index (χ4n) is 1.89. The number of carbonyl (C=O) groups excluding carboxylic acids is 1. The summed E-state index contributed by atoms with van der Waals surface area (Å²) in [6.45, 7) is 4.27. The number of hydrogen-bond acceptors (Lipinski definition) is 4. The average molecular weight is 354 g/mol. The lowest BCUT2D eigenvalue weighted by Crippen LogP contribution is -2.11. The van der Waals surface area contributed by atoms with Crippen LogP contribution in [-0.4, -0.2) is 16.1 Å². The molecule has 6 heteroatoms. The largest absolute Gasteiger partial charge is 0.296 e. The third kappa shape index (κ3) is 3.64. The molecule has 1 aromatic carbocycles. The van der Waals surface area contributed by atoms with Gasteiger partial charge in [0.25, 0.3) is 5.91 Å². The molecule has 106 valence electrons. The lowest BCUT2D eigenvalue weighted by atomic mass is 10.1. The van der Waals surface area contributed by atoms with Crippen molar-refractivity contribution < 1.29 is 4.79 Å². The number of amides is 1. The molecule has 0 aliphatic carbocycles. The van der Waals surface area contributed by atoms with Gasteiger partial charge in [-0.05, 0) is 31.0 Å². The maximum atomic E-state index is 12.1. The zero-order chi connectivity index (χ0) is 14.5. The minimum absolute atomic E-state index is 0.168. The van der Waals surface area contributed by atoms with E-state index in [1.165, 1.54) is 11.3 Å². The zero-order valence-corrected chi connectivity index (χ0v) is 13.8. The Hall–Kier alpha value is -1.27. The average Bonchev–Trinajstić information content (AvgIpc) is 2.88. The minimum Gasteiger partial charge on any atom is -0.296 e. The van der Waals surface area contributed by atoms with Gasteiger partial charge in [0.1, 0.15) is 5.01 Å². The van der Waals surface area contributed by atoms with Gasteiger partial charge < -0.3 is 0 Å². The molecule has 1 heterocycles. The second-order valence-electron chi connectivity index (χ2n) is 4.42. The highest BCUT2D eigenvalue weighted by molar-refractivity contribution is 9.10. The van der Waals surface area contributed by atoms with E-state index in [0.717, 1.165) is 22.3 Å². The number of halogens is 1. The predicted molar refractivity (Wildman–Crippen MR) is 85.3 cm³/mol. The first-order chi connectivity index (χ1) is 9.63. The van der Waals surface area contributed by atoms with Gasteiger partial charge in [-0.2, -0.15) is 0 Å². The highest BCUT2D eigenvalue weighted by Gasteiger charge is 2.15. The second-order valence-corrected chi connectivity index (χ2v) is 6.35. The third-order valence-electron chi connectivity index (χ3n) is 3.08. The number of benzene rings is 1. The Morgan fingerprint density at radius 3 is 2.75 bits per heavy atom. The number of carbonyl (C=O) groups is 1. The Balaban J connectivity index is 2.09. The number of anilines is 1. The van der Waals surface area contributed by atoms with Crippen LogP contribution in [0.1, 0.15) is 48.0 Å². The zero-order valence-electron chi connectivity index (χ0n) is 11.4. The van der Waals surface area contributed by atoms with E-state index in [4.69, 9.17) is 0 Å². The molecule has 1 aromatic heterocycles. The van der Waals surface area contributed by atoms with E-state index in [1.807, 2.05) is 12.1 Å². The normalized spacial score (nSPS) is 10.8. The van der Waals surface area contributed by atoms with Crippen molar-refractivity contribution in [2.45, 2.75) is 32.6 Å². The lowest BCUT2D eigenvalue weighted by Gasteiger charge is -2.05. The summed E-state index contributed by atoms with van der Waals surface area (Å²) in [4.78, 5) is 12.1.